The van der Waals surface area contributed by atoms with Crippen molar-refractivity contribution < 1.29 is 17.9 Å². The number of fused-ring (bicyclic) bond motifs is 1. The summed E-state index contributed by atoms with van der Waals surface area (Å²) in [6, 6.07) is 1.34. The van der Waals surface area contributed by atoms with Gasteiger partial charge in [0, 0.05) is 23.7 Å². The number of aromatic amines is 1. The quantitative estimate of drug-likeness (QED) is 0.650. The van der Waals surface area contributed by atoms with Crippen molar-refractivity contribution in [1.82, 2.24) is 18.9 Å². The van der Waals surface area contributed by atoms with Gasteiger partial charge in [0.2, 0.25) is 0 Å². The van der Waals surface area contributed by atoms with E-state index in [2.05, 4.69) is 5.10 Å². The maximum absolute atomic E-state index is 13.1. The lowest BCUT2D eigenvalue weighted by molar-refractivity contribution is -0.141. The molecule has 0 aliphatic carbocycles. The summed E-state index contributed by atoms with van der Waals surface area (Å²) in [4.78, 5) is 38.5. The van der Waals surface area contributed by atoms with E-state index in [0.717, 1.165) is 17.8 Å². The summed E-state index contributed by atoms with van der Waals surface area (Å²) >= 11 is 1.13. The number of alkyl halides is 3. The van der Waals surface area contributed by atoms with Crippen LogP contribution in [0.15, 0.2) is 26.6 Å². The molecule has 1 saturated heterocycles. The molecular weight excluding hydrogens is 425 g/mol. The summed E-state index contributed by atoms with van der Waals surface area (Å²) in [5.74, 6) is 0. The predicted molar refractivity (Wildman–Crippen MR) is 104 cm³/mol. The number of ether oxygens (including phenoxy) is 1. The highest BCUT2D eigenvalue weighted by atomic mass is 32.1. The molecule has 1 unspecified atom stereocenters. The van der Waals surface area contributed by atoms with E-state index in [1.54, 1.807) is 6.92 Å². The van der Waals surface area contributed by atoms with Crippen LogP contribution in [-0.4, -0.2) is 37.8 Å². The molecule has 0 bridgehead atoms. The number of nitrogens with one attached hydrogen (secondary N) is 1. The van der Waals surface area contributed by atoms with Crippen molar-refractivity contribution in [1.29, 1.82) is 0 Å². The van der Waals surface area contributed by atoms with Crippen LogP contribution < -0.4 is 16.8 Å². The third-order valence-electron chi connectivity index (χ3n) is 5.16. The largest absolute Gasteiger partial charge is 0.406 e. The van der Waals surface area contributed by atoms with Gasteiger partial charge in [-0.25, -0.2) is 9.48 Å². The second-order valence-electron chi connectivity index (χ2n) is 7.25. The SMILES string of the molecule is Cc1c(Cn2[nH]ccc2=O)sc2c1c(=O)n(CC(F)(F)F)c(=O)n2CC1CCCO1. The van der Waals surface area contributed by atoms with Gasteiger partial charge in [-0.15, -0.1) is 11.3 Å². The van der Waals surface area contributed by atoms with Gasteiger partial charge in [0.05, 0.1) is 24.6 Å². The van der Waals surface area contributed by atoms with E-state index < -0.39 is 24.0 Å². The van der Waals surface area contributed by atoms with E-state index in [-0.39, 0.29) is 34.7 Å². The van der Waals surface area contributed by atoms with Crippen LogP contribution in [0.4, 0.5) is 13.2 Å². The Labute approximate surface area is 171 Å². The smallest absolute Gasteiger partial charge is 0.376 e. The highest BCUT2D eigenvalue weighted by Crippen LogP contribution is 2.29. The van der Waals surface area contributed by atoms with Crippen molar-refractivity contribution in [3.05, 3.63) is 53.9 Å². The molecule has 162 valence electrons. The van der Waals surface area contributed by atoms with Crippen LogP contribution in [0.25, 0.3) is 10.2 Å². The lowest BCUT2D eigenvalue weighted by atomic mass is 10.2. The minimum atomic E-state index is -4.72. The van der Waals surface area contributed by atoms with Crippen molar-refractivity contribution in [2.24, 2.45) is 0 Å². The van der Waals surface area contributed by atoms with Crippen molar-refractivity contribution in [3.63, 3.8) is 0 Å². The van der Waals surface area contributed by atoms with Gasteiger partial charge in [-0.1, -0.05) is 0 Å². The maximum Gasteiger partial charge on any atom is 0.406 e. The zero-order valence-electron chi connectivity index (χ0n) is 16.0. The number of hydrogen-bond acceptors (Lipinski definition) is 5. The molecular formula is C18H19F3N4O4S. The number of aromatic nitrogens is 4. The monoisotopic (exact) mass is 444 g/mol. The number of nitrogens with zero attached hydrogens (tertiary/aromatic N) is 3. The number of rotatable bonds is 5. The van der Waals surface area contributed by atoms with Gasteiger partial charge < -0.3 is 9.84 Å². The molecule has 4 heterocycles. The summed E-state index contributed by atoms with van der Waals surface area (Å²) in [6.45, 7) is 0.656. The van der Waals surface area contributed by atoms with Crippen LogP contribution in [0.5, 0.6) is 0 Å². The molecule has 0 radical (unpaired) electrons. The molecule has 0 spiro atoms. The van der Waals surface area contributed by atoms with Crippen molar-refractivity contribution in [2.45, 2.75) is 51.7 Å². The van der Waals surface area contributed by atoms with E-state index in [0.29, 0.717) is 28.3 Å². The third kappa shape index (κ3) is 3.76. The first-order valence-electron chi connectivity index (χ1n) is 9.34. The lowest BCUT2D eigenvalue weighted by Crippen LogP contribution is -2.44. The first-order valence-corrected chi connectivity index (χ1v) is 10.2. The molecule has 0 amide bonds. The van der Waals surface area contributed by atoms with Crippen molar-refractivity contribution in [2.75, 3.05) is 6.61 Å². The Morgan fingerprint density at radius 1 is 1.27 bits per heavy atom. The maximum atomic E-state index is 13.1. The van der Waals surface area contributed by atoms with Crippen molar-refractivity contribution in [3.8, 4) is 0 Å². The molecule has 0 aromatic carbocycles. The van der Waals surface area contributed by atoms with Gasteiger partial charge in [0.1, 0.15) is 11.4 Å². The van der Waals surface area contributed by atoms with Crippen LogP contribution in [0.3, 0.4) is 0 Å². The van der Waals surface area contributed by atoms with E-state index in [9.17, 15) is 27.6 Å². The summed E-state index contributed by atoms with van der Waals surface area (Å²) in [7, 11) is 0. The zero-order valence-corrected chi connectivity index (χ0v) is 16.8. The second kappa shape index (κ2) is 7.58. The first-order chi connectivity index (χ1) is 14.2. The molecule has 1 aliphatic heterocycles. The molecule has 1 fully saturated rings. The lowest BCUT2D eigenvalue weighted by Gasteiger charge is -2.16. The van der Waals surface area contributed by atoms with Crippen molar-refractivity contribution >= 4 is 21.6 Å². The van der Waals surface area contributed by atoms with E-state index in [4.69, 9.17) is 4.74 Å². The summed E-state index contributed by atoms with van der Waals surface area (Å²) < 4.78 is 47.5. The Balaban J connectivity index is 1.92. The minimum absolute atomic E-state index is 0.0648. The standard InChI is InChI=1S/C18H19F3N4O4S/c1-10-12(8-25-13(26)4-5-22-25)30-16-14(10)15(27)24(9-18(19,20)21)17(28)23(16)7-11-3-2-6-29-11/h4-5,11,22H,2-3,6-9H2,1H3. The molecule has 1 N–H and O–H groups in total. The first kappa shape index (κ1) is 20.7. The van der Waals surface area contributed by atoms with E-state index >= 15 is 0 Å². The molecule has 0 saturated carbocycles. The average Bonchev–Trinajstić information content (AvgIpc) is 3.38. The van der Waals surface area contributed by atoms with Gasteiger partial charge >= 0.3 is 11.9 Å². The van der Waals surface area contributed by atoms with Gasteiger partial charge in [-0.3, -0.25) is 18.7 Å². The Hall–Kier alpha value is -2.60. The Bertz CT molecular complexity index is 1260. The van der Waals surface area contributed by atoms with E-state index in [1.807, 2.05) is 0 Å². The fourth-order valence-corrected chi connectivity index (χ4v) is 4.97. The predicted octanol–water partition coefficient (Wildman–Crippen LogP) is 1.81. The minimum Gasteiger partial charge on any atom is -0.376 e. The van der Waals surface area contributed by atoms with Gasteiger partial charge in [0.25, 0.3) is 11.1 Å². The van der Waals surface area contributed by atoms with Gasteiger partial charge in [-0.2, -0.15) is 13.2 Å². The number of H-pyrrole nitrogens is 1. The normalized spacial score (nSPS) is 17.3. The molecule has 4 rings (SSSR count). The van der Waals surface area contributed by atoms with Crippen LogP contribution in [0, 0.1) is 6.92 Å². The zero-order chi connectivity index (χ0) is 21.6. The number of aryl methyl sites for hydroxylation is 1. The molecule has 1 atom stereocenters. The summed E-state index contributed by atoms with van der Waals surface area (Å²) in [6.07, 6.45) is -2.08. The highest BCUT2D eigenvalue weighted by Gasteiger charge is 2.32. The molecule has 1 aliphatic rings. The third-order valence-corrected chi connectivity index (χ3v) is 6.46. The molecule has 30 heavy (non-hydrogen) atoms. The topological polar surface area (TPSA) is 91.0 Å². The Morgan fingerprint density at radius 3 is 2.63 bits per heavy atom. The van der Waals surface area contributed by atoms with Gasteiger partial charge in [0.15, 0.2) is 0 Å². The van der Waals surface area contributed by atoms with Crippen LogP contribution in [0.1, 0.15) is 23.3 Å². The van der Waals surface area contributed by atoms with Crippen LogP contribution >= 0.6 is 11.3 Å². The van der Waals surface area contributed by atoms with E-state index in [1.165, 1.54) is 21.5 Å². The number of halogens is 3. The molecule has 8 nitrogen and oxygen atoms in total. The fraction of sp³-hybridized carbons (Fsp3) is 0.500. The van der Waals surface area contributed by atoms with Gasteiger partial charge in [-0.05, 0) is 25.3 Å². The number of hydrogen-bond donors (Lipinski definition) is 1. The molecule has 3 aromatic heterocycles. The Kier molecular flexibility index (Phi) is 5.22. The Morgan fingerprint density at radius 2 is 2.03 bits per heavy atom. The van der Waals surface area contributed by atoms with Crippen LogP contribution in [0.2, 0.25) is 0 Å². The van der Waals surface area contributed by atoms with Crippen LogP contribution in [-0.2, 0) is 24.4 Å². The fourth-order valence-electron chi connectivity index (χ4n) is 3.68. The summed E-state index contributed by atoms with van der Waals surface area (Å²) in [5.41, 5.74) is -1.81. The summed E-state index contributed by atoms with van der Waals surface area (Å²) in [5, 5.41) is 2.82. The second-order valence-corrected chi connectivity index (χ2v) is 8.34. The average molecular weight is 444 g/mol. The molecule has 3 aromatic rings. The molecule has 12 heteroatoms. The highest BCUT2D eigenvalue weighted by molar-refractivity contribution is 7.18. The number of thiophene rings is 1.